The molecule has 6 rings (SSSR count). The fourth-order valence-corrected chi connectivity index (χ4v) is 10.9. The first-order chi connectivity index (χ1) is 19.9. The molecule has 2 heterocycles. The molecule has 0 unspecified atom stereocenters. The van der Waals surface area contributed by atoms with E-state index in [1.54, 1.807) is 0 Å². The molecule has 4 nitrogen and oxygen atoms in total. The standard InChI is InChI=1S/C37H62N2O2.2BrH.Pd/c1-26(2)34-36(28-17-9-5-10-18-28,29-19-11-6-12-20-29)40-32(38-34)25-33-39-35(27(3)4)37(41-33,30-21-13-7-14-22-30)31-23-15-8-16-24-31;;;/h26-31,34-35H,5-25H2,1-4H3;2*1H;/q;;;+2/p-2/t34-,35-;;;/m1.../s1. The summed E-state index contributed by atoms with van der Waals surface area (Å²) in [6.07, 6.45) is 27.7. The van der Waals surface area contributed by atoms with Crippen LogP contribution in [0.5, 0.6) is 0 Å². The van der Waals surface area contributed by atoms with Gasteiger partial charge < -0.3 is 43.4 Å². The van der Waals surface area contributed by atoms with Crippen molar-refractivity contribution in [1.29, 1.82) is 0 Å². The second-order valence-electron chi connectivity index (χ2n) is 15.9. The van der Waals surface area contributed by atoms with Crippen LogP contribution in [0.1, 0.15) is 163 Å². The van der Waals surface area contributed by atoms with Gasteiger partial charge in [0.1, 0.15) is 11.2 Å². The summed E-state index contributed by atoms with van der Waals surface area (Å²) in [5.41, 5.74) is -0.213. The van der Waals surface area contributed by atoms with Crippen molar-refractivity contribution in [3.8, 4) is 0 Å². The van der Waals surface area contributed by atoms with Gasteiger partial charge in [-0.2, -0.15) is 0 Å². The van der Waals surface area contributed by atoms with Crippen LogP contribution in [0.2, 0.25) is 0 Å². The molecule has 7 heteroatoms. The first-order valence-corrected chi connectivity index (χ1v) is 18.5. The van der Waals surface area contributed by atoms with E-state index in [9.17, 15) is 0 Å². The van der Waals surface area contributed by atoms with Crippen molar-refractivity contribution >= 4 is 11.8 Å². The maximum Gasteiger partial charge on any atom is 2.00 e. The molecule has 2 atom stereocenters. The van der Waals surface area contributed by atoms with E-state index in [1.165, 1.54) is 128 Å². The van der Waals surface area contributed by atoms with Crippen molar-refractivity contribution in [1.82, 2.24) is 0 Å². The van der Waals surface area contributed by atoms with Crippen LogP contribution < -0.4 is 34.0 Å². The van der Waals surface area contributed by atoms with Gasteiger partial charge in [0.15, 0.2) is 11.8 Å². The summed E-state index contributed by atoms with van der Waals surface area (Å²) in [7, 11) is 0. The van der Waals surface area contributed by atoms with Crippen LogP contribution in [0.4, 0.5) is 0 Å². The van der Waals surface area contributed by atoms with Crippen LogP contribution >= 0.6 is 0 Å². The molecule has 0 aromatic rings. The van der Waals surface area contributed by atoms with E-state index in [0.29, 0.717) is 41.9 Å². The zero-order valence-corrected chi connectivity index (χ0v) is 33.0. The van der Waals surface area contributed by atoms with E-state index >= 15 is 0 Å². The predicted octanol–water partition coefficient (Wildman–Crippen LogP) is 4.09. The Hall–Kier alpha value is 0.562. The van der Waals surface area contributed by atoms with Crippen LogP contribution in [0.3, 0.4) is 0 Å². The molecule has 4 saturated carbocycles. The molecule has 256 valence electrons. The van der Waals surface area contributed by atoms with Crippen LogP contribution in [-0.2, 0) is 29.9 Å². The smallest absolute Gasteiger partial charge is 1.00 e. The van der Waals surface area contributed by atoms with Crippen LogP contribution in [-0.4, -0.2) is 35.1 Å². The molecule has 44 heavy (non-hydrogen) atoms. The molecule has 0 aromatic heterocycles. The van der Waals surface area contributed by atoms with E-state index < -0.39 is 0 Å². The normalized spacial score (nSPS) is 30.0. The number of nitrogens with zero attached hydrogens (tertiary/aromatic N) is 2. The molecule has 0 bridgehead atoms. The summed E-state index contributed by atoms with van der Waals surface area (Å²) in [5.74, 6) is 5.49. The van der Waals surface area contributed by atoms with Gasteiger partial charge in [-0.15, -0.1) is 0 Å². The Morgan fingerprint density at radius 1 is 0.500 bits per heavy atom. The second-order valence-corrected chi connectivity index (χ2v) is 15.9. The zero-order valence-electron chi connectivity index (χ0n) is 28.3. The number of hydrogen-bond donors (Lipinski definition) is 0. The molecule has 0 amide bonds. The van der Waals surface area contributed by atoms with E-state index in [2.05, 4.69) is 27.7 Å². The fourth-order valence-electron chi connectivity index (χ4n) is 10.9. The quantitative estimate of drug-likeness (QED) is 0.347. The second kappa shape index (κ2) is 17.3. The molecular formula is C37H62Br2N2O2Pd. The molecule has 0 N–H and O–H groups in total. The summed E-state index contributed by atoms with van der Waals surface area (Å²) in [5, 5.41) is 0. The Labute approximate surface area is 305 Å². The van der Waals surface area contributed by atoms with Crippen molar-refractivity contribution in [3.63, 3.8) is 0 Å². The third kappa shape index (κ3) is 7.57. The topological polar surface area (TPSA) is 43.2 Å². The molecule has 4 fully saturated rings. The van der Waals surface area contributed by atoms with E-state index in [4.69, 9.17) is 19.5 Å². The fraction of sp³-hybridized carbons (Fsp3) is 0.946. The van der Waals surface area contributed by atoms with Gasteiger partial charge in [-0.25, -0.2) is 9.98 Å². The Morgan fingerprint density at radius 2 is 0.750 bits per heavy atom. The van der Waals surface area contributed by atoms with Crippen molar-refractivity contribution in [2.24, 2.45) is 45.5 Å². The van der Waals surface area contributed by atoms with E-state index in [0.717, 1.165) is 11.8 Å². The minimum absolute atomic E-state index is 0. The third-order valence-corrected chi connectivity index (χ3v) is 12.6. The van der Waals surface area contributed by atoms with Crippen LogP contribution in [0.25, 0.3) is 0 Å². The molecule has 6 aliphatic rings. The summed E-state index contributed by atoms with van der Waals surface area (Å²) in [4.78, 5) is 11.1. The molecule has 0 radical (unpaired) electrons. The number of aliphatic imine (C=N–C) groups is 2. The molecule has 0 aromatic carbocycles. The van der Waals surface area contributed by atoms with Crippen molar-refractivity contribution < 1.29 is 63.9 Å². The third-order valence-electron chi connectivity index (χ3n) is 12.6. The number of hydrogen-bond acceptors (Lipinski definition) is 4. The first kappa shape index (κ1) is 39.0. The van der Waals surface area contributed by atoms with Gasteiger partial charge in [0, 0.05) is 23.7 Å². The Kier molecular flexibility index (Phi) is 15.3. The monoisotopic (exact) mass is 830 g/mol. The Morgan fingerprint density at radius 3 is 0.977 bits per heavy atom. The maximum atomic E-state index is 7.41. The molecule has 4 aliphatic carbocycles. The van der Waals surface area contributed by atoms with Crippen molar-refractivity contribution in [3.05, 3.63) is 0 Å². The largest absolute Gasteiger partial charge is 2.00 e. The van der Waals surface area contributed by atoms with Gasteiger partial charge in [0.2, 0.25) is 0 Å². The van der Waals surface area contributed by atoms with E-state index in [-0.39, 0.29) is 77.7 Å². The number of halogens is 2. The predicted molar refractivity (Wildman–Crippen MR) is 171 cm³/mol. The SMILES string of the molecule is CC(C)[C@H]1N=C(CC2=N[C@H](C(C)C)C(C3CCCCC3)(C3CCCCC3)O2)OC1(C1CCCCC1)C1CCCCC1.[Br-].[Br-].[Pd+2]. The van der Waals surface area contributed by atoms with E-state index in [1.807, 2.05) is 0 Å². The molecule has 0 spiro atoms. The minimum Gasteiger partial charge on any atom is -1.00 e. The summed E-state index contributed by atoms with van der Waals surface area (Å²) in [6.45, 7) is 9.60. The average Bonchev–Trinajstić information content (AvgIpc) is 3.60. The van der Waals surface area contributed by atoms with Crippen molar-refractivity contribution in [2.45, 2.75) is 186 Å². The Balaban J connectivity index is 0.00000176. The van der Waals surface area contributed by atoms with Crippen molar-refractivity contribution in [2.75, 3.05) is 0 Å². The summed E-state index contributed by atoms with van der Waals surface area (Å²) in [6, 6.07) is 0.543. The van der Waals surface area contributed by atoms with Crippen LogP contribution in [0, 0.1) is 35.5 Å². The minimum atomic E-state index is -0.106. The van der Waals surface area contributed by atoms with Gasteiger partial charge in [-0.3, -0.25) is 0 Å². The van der Waals surface area contributed by atoms with Gasteiger partial charge in [0.25, 0.3) is 0 Å². The number of ether oxygens (including phenoxy) is 2. The Bertz CT molecular complexity index is 822. The van der Waals surface area contributed by atoms with Crippen LogP contribution in [0.15, 0.2) is 9.98 Å². The van der Waals surface area contributed by atoms with Gasteiger partial charge >= 0.3 is 20.4 Å². The van der Waals surface area contributed by atoms with Gasteiger partial charge in [-0.1, -0.05) is 105 Å². The zero-order chi connectivity index (χ0) is 28.5. The summed E-state index contributed by atoms with van der Waals surface area (Å²) < 4.78 is 14.8. The number of rotatable bonds is 8. The first-order valence-electron chi connectivity index (χ1n) is 18.5. The summed E-state index contributed by atoms with van der Waals surface area (Å²) >= 11 is 0. The van der Waals surface area contributed by atoms with Gasteiger partial charge in [0.05, 0.1) is 18.5 Å². The molecule has 2 aliphatic heterocycles. The molecule has 0 saturated heterocycles. The molecular weight excluding hydrogens is 771 g/mol. The van der Waals surface area contributed by atoms with Gasteiger partial charge in [-0.05, 0) is 63.2 Å². The maximum absolute atomic E-state index is 7.41. The average molecular weight is 833 g/mol.